The number of rotatable bonds is 7. The van der Waals surface area contributed by atoms with Crippen LogP contribution in [0.25, 0.3) is 0 Å². The Kier molecular flexibility index (Phi) is 5.47. The first-order valence-electron chi connectivity index (χ1n) is 6.67. The molecule has 0 fully saturated rings. The molecule has 1 amide bonds. The van der Waals surface area contributed by atoms with Gasteiger partial charge in [-0.05, 0) is 29.5 Å². The van der Waals surface area contributed by atoms with Crippen molar-refractivity contribution in [1.82, 2.24) is 14.8 Å². The zero-order valence-electron chi connectivity index (χ0n) is 12.2. The van der Waals surface area contributed by atoms with Gasteiger partial charge in [-0.3, -0.25) is 4.79 Å². The van der Waals surface area contributed by atoms with Crippen molar-refractivity contribution >= 4 is 29.1 Å². The summed E-state index contributed by atoms with van der Waals surface area (Å²) >= 11 is 5.89. The highest BCUT2D eigenvalue weighted by Gasteiger charge is 2.13. The van der Waals surface area contributed by atoms with E-state index >= 15 is 0 Å². The van der Waals surface area contributed by atoms with Crippen LogP contribution in [0.2, 0.25) is 5.02 Å². The van der Waals surface area contributed by atoms with Crippen LogP contribution in [0.4, 0.5) is 11.6 Å². The maximum atomic E-state index is 11.9. The molecule has 0 aliphatic heterocycles. The van der Waals surface area contributed by atoms with Crippen LogP contribution in [0.5, 0.6) is 5.75 Å². The molecule has 1 heterocycles. The fraction of sp³-hybridized carbons (Fsp3) is 0.308. The Balaban J connectivity index is 1.85. The Morgan fingerprint density at radius 3 is 2.96 bits per heavy atom. The van der Waals surface area contributed by atoms with E-state index < -0.39 is 10.9 Å². The number of carbonyl (C=O) groups excluding carboxylic acids is 1. The maximum absolute atomic E-state index is 11.9. The molecule has 0 spiro atoms. The van der Waals surface area contributed by atoms with E-state index in [4.69, 9.17) is 16.3 Å². The number of amides is 1. The second-order valence-electron chi connectivity index (χ2n) is 4.56. The van der Waals surface area contributed by atoms with Crippen LogP contribution in [0.1, 0.15) is 12.8 Å². The van der Waals surface area contributed by atoms with Crippen LogP contribution in [0, 0.1) is 10.1 Å². The molecule has 2 rings (SSSR count). The van der Waals surface area contributed by atoms with E-state index in [-0.39, 0.29) is 12.3 Å². The van der Waals surface area contributed by atoms with Gasteiger partial charge in [-0.25, -0.2) is 0 Å². The topological polar surface area (TPSA) is 112 Å². The van der Waals surface area contributed by atoms with E-state index in [9.17, 15) is 14.9 Å². The molecule has 0 bridgehead atoms. The second-order valence-corrected chi connectivity index (χ2v) is 5.00. The summed E-state index contributed by atoms with van der Waals surface area (Å²) in [5.41, 5.74) is 0.487. The first-order chi connectivity index (χ1) is 11.0. The SMILES string of the molecule is COc1ccc(Cl)cc1NC(=O)CCCn1cnc([N+](=O)[O-])n1. The van der Waals surface area contributed by atoms with Gasteiger partial charge in [0.1, 0.15) is 5.75 Å². The number of hydrogen-bond acceptors (Lipinski definition) is 6. The summed E-state index contributed by atoms with van der Waals surface area (Å²) in [6, 6.07) is 4.92. The summed E-state index contributed by atoms with van der Waals surface area (Å²) in [5.74, 6) is -0.173. The van der Waals surface area contributed by atoms with Crippen molar-refractivity contribution in [3.8, 4) is 5.75 Å². The fourth-order valence-electron chi connectivity index (χ4n) is 1.87. The summed E-state index contributed by atoms with van der Waals surface area (Å²) < 4.78 is 6.47. The molecule has 122 valence electrons. The molecule has 0 unspecified atom stereocenters. The number of nitrogens with one attached hydrogen (secondary N) is 1. The molecule has 2 aromatic rings. The minimum Gasteiger partial charge on any atom is -0.495 e. The Bertz CT molecular complexity index is 718. The standard InChI is InChI=1S/C13H14ClN5O4/c1-23-11-5-4-9(14)7-10(11)16-12(20)3-2-6-18-8-15-13(17-18)19(21)22/h4-5,7-8H,2-3,6H2,1H3,(H,16,20). The van der Waals surface area contributed by atoms with Gasteiger partial charge in [0.05, 0.1) is 19.3 Å². The average Bonchev–Trinajstić information content (AvgIpc) is 2.96. The molecular formula is C13H14ClN5O4. The van der Waals surface area contributed by atoms with Crippen LogP contribution in [0.15, 0.2) is 24.5 Å². The van der Waals surface area contributed by atoms with Crippen molar-refractivity contribution in [2.75, 3.05) is 12.4 Å². The normalized spacial score (nSPS) is 10.3. The molecule has 0 radical (unpaired) electrons. The number of hydrogen-bond donors (Lipinski definition) is 1. The minimum absolute atomic E-state index is 0.212. The summed E-state index contributed by atoms with van der Waals surface area (Å²) in [5, 5.41) is 17.3. The van der Waals surface area contributed by atoms with Crippen LogP contribution >= 0.6 is 11.6 Å². The van der Waals surface area contributed by atoms with E-state index in [1.807, 2.05) is 0 Å². The molecular weight excluding hydrogens is 326 g/mol. The lowest BCUT2D eigenvalue weighted by Crippen LogP contribution is -2.13. The number of benzene rings is 1. The van der Waals surface area contributed by atoms with Crippen molar-refractivity contribution < 1.29 is 14.5 Å². The van der Waals surface area contributed by atoms with Crippen LogP contribution in [-0.4, -0.2) is 32.7 Å². The highest BCUT2D eigenvalue weighted by Crippen LogP contribution is 2.27. The molecule has 0 saturated heterocycles. The Labute approximate surface area is 136 Å². The summed E-state index contributed by atoms with van der Waals surface area (Å²) in [6.07, 6.45) is 1.93. The Hall–Kier alpha value is -2.68. The van der Waals surface area contributed by atoms with E-state index in [0.29, 0.717) is 29.4 Å². The number of aromatic nitrogens is 3. The monoisotopic (exact) mass is 339 g/mol. The predicted octanol–water partition coefficient (Wildman–Crippen LogP) is 2.27. The fourth-order valence-corrected chi connectivity index (χ4v) is 2.04. The maximum Gasteiger partial charge on any atom is 0.490 e. The molecule has 0 aliphatic carbocycles. The van der Waals surface area contributed by atoms with E-state index in [0.717, 1.165) is 0 Å². The zero-order chi connectivity index (χ0) is 16.8. The minimum atomic E-state index is -0.672. The highest BCUT2D eigenvalue weighted by molar-refractivity contribution is 6.31. The number of carbonyl (C=O) groups is 1. The van der Waals surface area contributed by atoms with Gasteiger partial charge < -0.3 is 20.2 Å². The van der Waals surface area contributed by atoms with Gasteiger partial charge >= 0.3 is 5.95 Å². The Morgan fingerprint density at radius 2 is 2.30 bits per heavy atom. The van der Waals surface area contributed by atoms with Gasteiger partial charge in [0, 0.05) is 16.5 Å². The van der Waals surface area contributed by atoms with Crippen molar-refractivity contribution in [1.29, 1.82) is 0 Å². The van der Waals surface area contributed by atoms with Gasteiger partial charge in [-0.2, -0.15) is 4.68 Å². The summed E-state index contributed by atoms with van der Waals surface area (Å²) in [6.45, 7) is 0.348. The smallest absolute Gasteiger partial charge is 0.490 e. The predicted molar refractivity (Wildman–Crippen MR) is 82.5 cm³/mol. The second kappa shape index (κ2) is 7.54. The van der Waals surface area contributed by atoms with Gasteiger partial charge in [0.2, 0.25) is 12.2 Å². The van der Waals surface area contributed by atoms with Crippen LogP contribution in [-0.2, 0) is 11.3 Å². The largest absolute Gasteiger partial charge is 0.495 e. The molecule has 10 heteroatoms. The first-order valence-corrected chi connectivity index (χ1v) is 7.04. The Morgan fingerprint density at radius 1 is 1.52 bits per heavy atom. The lowest BCUT2D eigenvalue weighted by atomic mass is 10.2. The molecule has 0 aliphatic rings. The van der Waals surface area contributed by atoms with Crippen molar-refractivity contribution in [2.24, 2.45) is 0 Å². The third-order valence-electron chi connectivity index (χ3n) is 2.91. The van der Waals surface area contributed by atoms with Gasteiger partial charge in [0.25, 0.3) is 0 Å². The number of aryl methyl sites for hydroxylation is 1. The number of halogens is 1. The number of anilines is 1. The third-order valence-corrected chi connectivity index (χ3v) is 3.15. The van der Waals surface area contributed by atoms with Crippen molar-refractivity contribution in [3.05, 3.63) is 39.7 Å². The zero-order valence-corrected chi connectivity index (χ0v) is 13.0. The molecule has 9 nitrogen and oxygen atoms in total. The van der Waals surface area contributed by atoms with Gasteiger partial charge in [-0.1, -0.05) is 16.6 Å². The van der Waals surface area contributed by atoms with Gasteiger partial charge in [-0.15, -0.1) is 0 Å². The van der Waals surface area contributed by atoms with E-state index in [2.05, 4.69) is 15.4 Å². The lowest BCUT2D eigenvalue weighted by Gasteiger charge is -2.10. The number of nitrogens with zero attached hydrogens (tertiary/aromatic N) is 4. The van der Waals surface area contributed by atoms with E-state index in [1.54, 1.807) is 18.2 Å². The van der Waals surface area contributed by atoms with Crippen LogP contribution < -0.4 is 10.1 Å². The van der Waals surface area contributed by atoms with E-state index in [1.165, 1.54) is 18.1 Å². The first kappa shape index (κ1) is 16.7. The highest BCUT2D eigenvalue weighted by atomic mass is 35.5. The number of nitro groups is 1. The van der Waals surface area contributed by atoms with Crippen molar-refractivity contribution in [3.63, 3.8) is 0 Å². The molecule has 0 saturated carbocycles. The van der Waals surface area contributed by atoms with Crippen molar-refractivity contribution in [2.45, 2.75) is 19.4 Å². The quantitative estimate of drug-likeness (QED) is 0.611. The average molecular weight is 340 g/mol. The summed E-state index contributed by atoms with van der Waals surface area (Å²) in [7, 11) is 1.50. The number of ether oxygens (including phenoxy) is 1. The molecule has 0 atom stereocenters. The lowest BCUT2D eigenvalue weighted by molar-refractivity contribution is -0.394. The third kappa shape index (κ3) is 4.65. The molecule has 1 aromatic heterocycles. The van der Waals surface area contributed by atoms with Gasteiger partial charge in [0.15, 0.2) is 0 Å². The molecule has 23 heavy (non-hydrogen) atoms. The van der Waals surface area contributed by atoms with Crippen LogP contribution in [0.3, 0.4) is 0 Å². The molecule has 1 N–H and O–H groups in total. The summed E-state index contributed by atoms with van der Waals surface area (Å²) in [4.78, 5) is 25.3. The number of methoxy groups -OCH3 is 1. The molecule has 1 aromatic carbocycles.